The first kappa shape index (κ1) is 14.9. The molecular formula is C15H21FN2O2. The summed E-state index contributed by atoms with van der Waals surface area (Å²) >= 11 is 0. The van der Waals surface area contributed by atoms with Gasteiger partial charge in [-0.05, 0) is 44.0 Å². The maximum Gasteiger partial charge on any atom is 0.320 e. The molecule has 0 aliphatic carbocycles. The van der Waals surface area contributed by atoms with Crippen molar-refractivity contribution in [3.63, 3.8) is 0 Å². The molecule has 3 N–H and O–H groups in total. The zero-order valence-electron chi connectivity index (χ0n) is 11.5. The summed E-state index contributed by atoms with van der Waals surface area (Å²) in [5.74, 6) is -1.34. The number of piperidine rings is 1. The van der Waals surface area contributed by atoms with E-state index in [-0.39, 0.29) is 12.2 Å². The van der Waals surface area contributed by atoms with Gasteiger partial charge in [0.05, 0.1) is 0 Å². The summed E-state index contributed by atoms with van der Waals surface area (Å²) in [6, 6.07) is 3.93. The Bertz CT molecular complexity index is 473. The number of benzene rings is 1. The Kier molecular flexibility index (Phi) is 5.09. The van der Waals surface area contributed by atoms with E-state index >= 15 is 0 Å². The summed E-state index contributed by atoms with van der Waals surface area (Å²) in [6.45, 7) is 2.66. The van der Waals surface area contributed by atoms with Gasteiger partial charge in [0.1, 0.15) is 11.9 Å². The number of aliphatic carboxylic acids is 1. The van der Waals surface area contributed by atoms with Crippen LogP contribution in [0.1, 0.15) is 30.4 Å². The molecule has 1 saturated heterocycles. The Hall–Kier alpha value is -1.46. The molecule has 0 spiro atoms. The van der Waals surface area contributed by atoms with Crippen LogP contribution in [-0.2, 0) is 17.8 Å². The van der Waals surface area contributed by atoms with Crippen molar-refractivity contribution in [2.75, 3.05) is 13.1 Å². The lowest BCUT2D eigenvalue weighted by molar-refractivity contribution is -0.138. The highest BCUT2D eigenvalue weighted by Gasteiger charge is 2.15. The van der Waals surface area contributed by atoms with E-state index in [1.54, 1.807) is 12.1 Å². The topological polar surface area (TPSA) is 66.6 Å². The van der Waals surface area contributed by atoms with E-state index in [0.717, 1.165) is 13.1 Å². The molecule has 1 aromatic carbocycles. The van der Waals surface area contributed by atoms with Crippen molar-refractivity contribution in [2.45, 2.75) is 38.3 Å². The van der Waals surface area contributed by atoms with E-state index in [2.05, 4.69) is 4.90 Å². The predicted octanol–water partition coefficient (Wildman–Crippen LogP) is 1.77. The van der Waals surface area contributed by atoms with Gasteiger partial charge in [-0.3, -0.25) is 9.69 Å². The van der Waals surface area contributed by atoms with Crippen LogP contribution >= 0.6 is 0 Å². The fourth-order valence-corrected chi connectivity index (χ4v) is 2.55. The van der Waals surface area contributed by atoms with Crippen molar-refractivity contribution < 1.29 is 14.3 Å². The third kappa shape index (κ3) is 4.02. The molecule has 1 atom stereocenters. The lowest BCUT2D eigenvalue weighted by Crippen LogP contribution is -2.32. The number of hydrogen-bond acceptors (Lipinski definition) is 3. The van der Waals surface area contributed by atoms with E-state index in [1.165, 1.54) is 25.3 Å². The van der Waals surface area contributed by atoms with Crippen molar-refractivity contribution in [2.24, 2.45) is 5.73 Å². The van der Waals surface area contributed by atoms with E-state index in [9.17, 15) is 9.18 Å². The fraction of sp³-hybridized carbons (Fsp3) is 0.533. The van der Waals surface area contributed by atoms with Gasteiger partial charge in [-0.25, -0.2) is 4.39 Å². The number of halogens is 1. The van der Waals surface area contributed by atoms with Crippen LogP contribution in [-0.4, -0.2) is 35.1 Å². The van der Waals surface area contributed by atoms with Crippen LogP contribution in [0, 0.1) is 5.82 Å². The molecule has 4 nitrogen and oxygen atoms in total. The zero-order chi connectivity index (χ0) is 14.5. The number of carboxylic acid groups (broad SMARTS) is 1. The van der Waals surface area contributed by atoms with Gasteiger partial charge >= 0.3 is 5.97 Å². The minimum absolute atomic E-state index is 0.149. The van der Waals surface area contributed by atoms with Gasteiger partial charge in [0.2, 0.25) is 0 Å². The number of rotatable bonds is 5. The van der Waals surface area contributed by atoms with E-state index in [4.69, 9.17) is 10.8 Å². The summed E-state index contributed by atoms with van der Waals surface area (Å²) in [4.78, 5) is 12.9. The van der Waals surface area contributed by atoms with Crippen molar-refractivity contribution in [1.29, 1.82) is 0 Å². The summed E-state index contributed by atoms with van der Waals surface area (Å²) < 4.78 is 14.0. The van der Waals surface area contributed by atoms with Crippen LogP contribution in [0.4, 0.5) is 4.39 Å². The van der Waals surface area contributed by atoms with Gasteiger partial charge in [-0.15, -0.1) is 0 Å². The normalized spacial score (nSPS) is 17.9. The van der Waals surface area contributed by atoms with E-state index in [1.807, 2.05) is 0 Å². The van der Waals surface area contributed by atoms with Crippen LogP contribution in [0.25, 0.3) is 0 Å². The Morgan fingerprint density at radius 3 is 2.65 bits per heavy atom. The Labute approximate surface area is 118 Å². The lowest BCUT2D eigenvalue weighted by atomic mass is 10.0. The highest BCUT2D eigenvalue weighted by atomic mass is 19.1. The molecule has 5 heteroatoms. The van der Waals surface area contributed by atoms with Crippen LogP contribution in [0.5, 0.6) is 0 Å². The number of likely N-dealkylation sites (tertiary alicyclic amines) is 1. The predicted molar refractivity (Wildman–Crippen MR) is 74.8 cm³/mol. The minimum atomic E-state index is -1.07. The molecule has 1 fully saturated rings. The zero-order valence-corrected chi connectivity index (χ0v) is 11.5. The summed E-state index contributed by atoms with van der Waals surface area (Å²) in [7, 11) is 0. The van der Waals surface area contributed by atoms with Gasteiger partial charge in [-0.2, -0.15) is 0 Å². The van der Waals surface area contributed by atoms with Crippen molar-refractivity contribution in [1.82, 2.24) is 4.90 Å². The van der Waals surface area contributed by atoms with Gasteiger partial charge < -0.3 is 10.8 Å². The summed E-state index contributed by atoms with van der Waals surface area (Å²) in [5.41, 5.74) is 6.75. The third-order valence-electron chi connectivity index (χ3n) is 3.73. The smallest absolute Gasteiger partial charge is 0.320 e. The first-order valence-corrected chi connectivity index (χ1v) is 7.04. The molecule has 1 heterocycles. The molecule has 0 aromatic heterocycles. The number of nitrogens with two attached hydrogens (primary N) is 1. The first-order valence-electron chi connectivity index (χ1n) is 7.04. The number of nitrogens with zero attached hydrogens (tertiary/aromatic N) is 1. The standard InChI is InChI=1S/C15H21FN2O2/c16-13-8-11(9-14(17)15(19)20)4-5-12(13)10-18-6-2-1-3-7-18/h4-5,8,14H,1-3,6-7,9-10,17H2,(H,19,20). The molecule has 0 bridgehead atoms. The SMILES string of the molecule is NC(Cc1ccc(CN2CCCCC2)c(F)c1)C(=O)O. The Morgan fingerprint density at radius 1 is 1.35 bits per heavy atom. The Balaban J connectivity index is 1.99. The minimum Gasteiger partial charge on any atom is -0.480 e. The van der Waals surface area contributed by atoms with Crippen molar-refractivity contribution in [3.05, 3.63) is 35.1 Å². The maximum atomic E-state index is 14.0. The van der Waals surface area contributed by atoms with E-state index < -0.39 is 12.0 Å². The monoisotopic (exact) mass is 280 g/mol. The number of carboxylic acids is 1. The van der Waals surface area contributed by atoms with E-state index in [0.29, 0.717) is 17.7 Å². The van der Waals surface area contributed by atoms with Crippen molar-refractivity contribution in [3.8, 4) is 0 Å². The third-order valence-corrected chi connectivity index (χ3v) is 3.73. The maximum absolute atomic E-state index is 14.0. The molecule has 0 amide bonds. The average Bonchev–Trinajstić information content (AvgIpc) is 2.43. The first-order chi connectivity index (χ1) is 9.56. The highest BCUT2D eigenvalue weighted by molar-refractivity contribution is 5.73. The number of carbonyl (C=O) groups is 1. The molecule has 0 radical (unpaired) electrons. The van der Waals surface area contributed by atoms with Gasteiger partial charge in [0.25, 0.3) is 0 Å². The highest BCUT2D eigenvalue weighted by Crippen LogP contribution is 2.17. The second kappa shape index (κ2) is 6.81. The summed E-state index contributed by atoms with van der Waals surface area (Å²) in [5, 5.41) is 8.76. The second-order valence-corrected chi connectivity index (χ2v) is 5.41. The fourth-order valence-electron chi connectivity index (χ4n) is 2.55. The molecule has 1 aromatic rings. The molecule has 1 aliphatic heterocycles. The average molecular weight is 280 g/mol. The lowest BCUT2D eigenvalue weighted by Gasteiger charge is -2.26. The molecule has 110 valence electrons. The second-order valence-electron chi connectivity index (χ2n) is 5.41. The van der Waals surface area contributed by atoms with Crippen molar-refractivity contribution >= 4 is 5.97 Å². The molecular weight excluding hydrogens is 259 g/mol. The summed E-state index contributed by atoms with van der Waals surface area (Å²) in [6.07, 6.45) is 3.75. The van der Waals surface area contributed by atoms with Crippen LogP contribution < -0.4 is 5.73 Å². The molecule has 1 aliphatic rings. The largest absolute Gasteiger partial charge is 0.480 e. The molecule has 1 unspecified atom stereocenters. The van der Waals surface area contributed by atoms with Crippen LogP contribution in [0.3, 0.4) is 0 Å². The number of hydrogen-bond donors (Lipinski definition) is 2. The van der Waals surface area contributed by atoms with Crippen LogP contribution in [0.15, 0.2) is 18.2 Å². The Morgan fingerprint density at radius 2 is 2.05 bits per heavy atom. The van der Waals surface area contributed by atoms with Gasteiger partial charge in [-0.1, -0.05) is 18.6 Å². The molecule has 2 rings (SSSR count). The quantitative estimate of drug-likeness (QED) is 0.862. The van der Waals surface area contributed by atoms with Gasteiger partial charge in [0, 0.05) is 12.1 Å². The molecule has 20 heavy (non-hydrogen) atoms. The molecule has 0 saturated carbocycles. The van der Waals surface area contributed by atoms with Gasteiger partial charge in [0.15, 0.2) is 0 Å². The van der Waals surface area contributed by atoms with Crippen LogP contribution in [0.2, 0.25) is 0 Å².